The van der Waals surface area contributed by atoms with E-state index < -0.39 is 0 Å². The minimum absolute atomic E-state index is 0.510. The fourth-order valence-corrected chi connectivity index (χ4v) is 2.40. The zero-order valence-corrected chi connectivity index (χ0v) is 22.6. The Morgan fingerprint density at radius 3 is 1.87 bits per heavy atom. The van der Waals surface area contributed by atoms with Crippen molar-refractivity contribution in [1.29, 1.82) is 0 Å². The number of allylic oxidation sites excluding steroid dienone is 1. The molecule has 0 spiro atoms. The van der Waals surface area contributed by atoms with Crippen LogP contribution in [0.15, 0.2) is 46.5 Å². The Morgan fingerprint density at radius 1 is 1.00 bits per heavy atom. The fourth-order valence-electron chi connectivity index (χ4n) is 2.40. The van der Waals surface area contributed by atoms with Crippen LogP contribution in [0.2, 0.25) is 0 Å². The van der Waals surface area contributed by atoms with Crippen molar-refractivity contribution in [1.82, 2.24) is 10.6 Å². The number of aliphatic imine (C=N–C) groups is 1. The van der Waals surface area contributed by atoms with Crippen molar-refractivity contribution in [3.8, 4) is 0 Å². The van der Waals surface area contributed by atoms with Crippen LogP contribution in [-0.4, -0.2) is 26.0 Å². The normalized spacial score (nSPS) is 14.4. The number of nitrogens with two attached hydrogens (primary N) is 1. The molecular weight excluding hydrogens is 380 g/mol. The van der Waals surface area contributed by atoms with Crippen molar-refractivity contribution in [2.75, 3.05) is 25.9 Å². The minimum atomic E-state index is 0.510. The molecule has 2 rings (SSSR count). The third-order valence-corrected chi connectivity index (χ3v) is 4.21. The molecule has 0 fully saturated rings. The molecule has 4 nitrogen and oxygen atoms in total. The summed E-state index contributed by atoms with van der Waals surface area (Å²) in [5.74, 6) is 1.45. The van der Waals surface area contributed by atoms with Gasteiger partial charge in [0.2, 0.25) is 0 Å². The van der Waals surface area contributed by atoms with E-state index in [9.17, 15) is 0 Å². The molecule has 4 heteroatoms. The van der Waals surface area contributed by atoms with E-state index in [1.807, 2.05) is 72.9 Å². The highest BCUT2D eigenvalue weighted by Crippen LogP contribution is 2.26. The van der Waals surface area contributed by atoms with Crippen molar-refractivity contribution >= 4 is 17.2 Å². The number of nitrogens with one attached hydrogen (secondary N) is 2. The average molecular weight is 433 g/mol. The van der Waals surface area contributed by atoms with Gasteiger partial charge in [0.05, 0.1) is 0 Å². The molecule has 0 saturated heterocycles. The Balaban J connectivity index is -0.000000552. The van der Waals surface area contributed by atoms with Gasteiger partial charge in [0.1, 0.15) is 5.84 Å². The van der Waals surface area contributed by atoms with Crippen LogP contribution < -0.4 is 16.4 Å². The standard InChI is InChI=1S/C16H21N3.C5H13N.3C2H6/c1-10(2)11(3)14-9-15(19-16(14)18-4)12-5-7-13(17)8-6-12;1-3-5-6-4-2;3*1-2/h5-10H,17H2,1-4H3,(H,18,19);6H,3-5H2,1-2H3;3*1-2H3/b14-11+;;;;. The second-order valence-corrected chi connectivity index (χ2v) is 6.48. The number of hydrogen-bond acceptors (Lipinski definition) is 3. The molecule has 1 aromatic carbocycles. The zero-order valence-electron chi connectivity index (χ0n) is 22.6. The fraction of sp³-hybridized carbons (Fsp3) is 0.593. The molecule has 0 bridgehead atoms. The Morgan fingerprint density at radius 2 is 1.52 bits per heavy atom. The average Bonchev–Trinajstić information content (AvgIpc) is 3.26. The van der Waals surface area contributed by atoms with Crippen molar-refractivity contribution in [3.63, 3.8) is 0 Å². The van der Waals surface area contributed by atoms with Crippen molar-refractivity contribution in [2.45, 2.75) is 82.6 Å². The Bertz CT molecular complexity index is 619. The van der Waals surface area contributed by atoms with Gasteiger partial charge in [-0.15, -0.1) is 0 Å². The molecule has 0 unspecified atom stereocenters. The predicted octanol–water partition coefficient (Wildman–Crippen LogP) is 7.30. The van der Waals surface area contributed by atoms with Crippen molar-refractivity contribution in [2.24, 2.45) is 10.9 Å². The SMILES string of the molecule is CC.CC.CC.CCCNCC.CN=C1NC(c2ccc(N)cc2)=C/C1=C(/C)C(C)C. The van der Waals surface area contributed by atoms with E-state index in [0.717, 1.165) is 35.9 Å². The van der Waals surface area contributed by atoms with Gasteiger partial charge >= 0.3 is 0 Å². The van der Waals surface area contributed by atoms with Crippen LogP contribution in [0, 0.1) is 5.92 Å². The molecule has 31 heavy (non-hydrogen) atoms. The first kappa shape index (κ1) is 33.6. The number of anilines is 1. The highest BCUT2D eigenvalue weighted by molar-refractivity contribution is 6.11. The first-order valence-electron chi connectivity index (χ1n) is 12.2. The summed E-state index contributed by atoms with van der Waals surface area (Å²) in [7, 11) is 1.82. The summed E-state index contributed by atoms with van der Waals surface area (Å²) in [6.07, 6.45) is 3.41. The molecular formula is C27H52N4. The molecule has 180 valence electrons. The molecule has 0 aromatic heterocycles. The van der Waals surface area contributed by atoms with Gasteiger partial charge in [-0.1, -0.05) is 86.9 Å². The highest BCUT2D eigenvalue weighted by Gasteiger charge is 2.19. The summed E-state index contributed by atoms with van der Waals surface area (Å²) in [5.41, 5.74) is 11.3. The largest absolute Gasteiger partial charge is 0.399 e. The Labute approximate surface area is 194 Å². The molecule has 0 saturated carbocycles. The molecule has 0 radical (unpaired) electrons. The molecule has 0 amide bonds. The van der Waals surface area contributed by atoms with Gasteiger partial charge < -0.3 is 16.4 Å². The van der Waals surface area contributed by atoms with Crippen LogP contribution in [-0.2, 0) is 0 Å². The number of nitrogen functional groups attached to an aromatic ring is 1. The lowest BCUT2D eigenvalue weighted by molar-refractivity contribution is 0.703. The molecule has 1 aliphatic heterocycles. The molecule has 1 aromatic rings. The van der Waals surface area contributed by atoms with E-state index >= 15 is 0 Å². The maximum atomic E-state index is 5.72. The van der Waals surface area contributed by atoms with Gasteiger partial charge in [0.15, 0.2) is 0 Å². The monoisotopic (exact) mass is 432 g/mol. The number of hydrogen-bond donors (Lipinski definition) is 3. The van der Waals surface area contributed by atoms with Crippen LogP contribution in [0.25, 0.3) is 5.70 Å². The maximum absolute atomic E-state index is 5.72. The van der Waals surface area contributed by atoms with Crippen molar-refractivity contribution < 1.29 is 0 Å². The summed E-state index contributed by atoms with van der Waals surface area (Å²) in [6, 6.07) is 7.87. The number of benzene rings is 1. The number of rotatable bonds is 5. The van der Waals surface area contributed by atoms with Crippen LogP contribution in [0.4, 0.5) is 5.69 Å². The quantitative estimate of drug-likeness (QED) is 0.338. The Kier molecular flexibility index (Phi) is 24.5. The second-order valence-electron chi connectivity index (χ2n) is 6.48. The summed E-state index contributed by atoms with van der Waals surface area (Å²) < 4.78 is 0. The van der Waals surface area contributed by atoms with E-state index in [0.29, 0.717) is 5.92 Å². The van der Waals surface area contributed by atoms with E-state index in [1.165, 1.54) is 17.6 Å². The van der Waals surface area contributed by atoms with Gasteiger partial charge in [-0.05, 0) is 56.1 Å². The lowest BCUT2D eigenvalue weighted by Crippen LogP contribution is -2.17. The Hall–Kier alpha value is -2.07. The number of nitrogens with zero attached hydrogens (tertiary/aromatic N) is 1. The first-order valence-corrected chi connectivity index (χ1v) is 12.2. The molecule has 1 heterocycles. The van der Waals surface area contributed by atoms with Crippen LogP contribution >= 0.6 is 0 Å². The lowest BCUT2D eigenvalue weighted by atomic mass is 9.98. The zero-order chi connectivity index (χ0) is 24.8. The minimum Gasteiger partial charge on any atom is -0.399 e. The van der Waals surface area contributed by atoms with E-state index in [-0.39, 0.29) is 0 Å². The molecule has 0 aliphatic carbocycles. The van der Waals surface area contributed by atoms with E-state index in [4.69, 9.17) is 5.73 Å². The van der Waals surface area contributed by atoms with Gasteiger partial charge in [0.25, 0.3) is 0 Å². The lowest BCUT2D eigenvalue weighted by Gasteiger charge is -2.09. The number of amidine groups is 1. The first-order chi connectivity index (χ1) is 14.9. The topological polar surface area (TPSA) is 62.4 Å². The molecule has 4 N–H and O–H groups in total. The summed E-state index contributed by atoms with van der Waals surface area (Å²) in [5, 5.41) is 6.57. The van der Waals surface area contributed by atoms with Gasteiger partial charge in [0, 0.05) is 24.0 Å². The van der Waals surface area contributed by atoms with Gasteiger partial charge in [-0.2, -0.15) is 0 Å². The third-order valence-electron chi connectivity index (χ3n) is 4.21. The summed E-state index contributed by atoms with van der Waals surface area (Å²) >= 11 is 0. The maximum Gasteiger partial charge on any atom is 0.132 e. The summed E-state index contributed by atoms with van der Waals surface area (Å²) in [6.45, 7) is 25.1. The smallest absolute Gasteiger partial charge is 0.132 e. The third kappa shape index (κ3) is 13.8. The van der Waals surface area contributed by atoms with Gasteiger partial charge in [-0.3, -0.25) is 4.99 Å². The van der Waals surface area contributed by atoms with Crippen LogP contribution in [0.1, 0.15) is 88.1 Å². The van der Waals surface area contributed by atoms with E-state index in [1.54, 1.807) is 0 Å². The summed E-state index contributed by atoms with van der Waals surface area (Å²) in [4.78, 5) is 4.34. The van der Waals surface area contributed by atoms with E-state index in [2.05, 4.69) is 56.3 Å². The van der Waals surface area contributed by atoms with Crippen molar-refractivity contribution in [3.05, 3.63) is 47.1 Å². The second kappa shape index (κ2) is 22.6. The predicted molar refractivity (Wildman–Crippen MR) is 146 cm³/mol. The van der Waals surface area contributed by atoms with Crippen LogP contribution in [0.3, 0.4) is 0 Å². The molecule has 0 atom stereocenters. The molecule has 1 aliphatic rings. The van der Waals surface area contributed by atoms with Gasteiger partial charge in [-0.25, -0.2) is 0 Å². The van der Waals surface area contributed by atoms with Crippen LogP contribution in [0.5, 0.6) is 0 Å². The highest BCUT2D eigenvalue weighted by atomic mass is 15.0.